The van der Waals surface area contributed by atoms with E-state index in [1.165, 1.54) is 0 Å². The number of nitrogens with one attached hydrogen (secondary N) is 1. The van der Waals surface area contributed by atoms with Crippen LogP contribution in [0.5, 0.6) is 5.75 Å². The Morgan fingerprint density at radius 2 is 1.65 bits per heavy atom. The van der Waals surface area contributed by atoms with E-state index in [-0.39, 0.29) is 5.54 Å². The molecule has 4 unspecified atom stereocenters. The Morgan fingerprint density at radius 3 is 2.17 bits per heavy atom. The van der Waals surface area contributed by atoms with Crippen LogP contribution in [0.25, 0.3) is 0 Å². The Morgan fingerprint density at radius 1 is 1.09 bits per heavy atom. The summed E-state index contributed by atoms with van der Waals surface area (Å²) in [5, 5.41) is 13.9. The quantitative estimate of drug-likeness (QED) is 0.541. The zero-order valence-electron chi connectivity index (χ0n) is 13.5. The highest BCUT2D eigenvalue weighted by Gasteiger charge is 2.47. The van der Waals surface area contributed by atoms with E-state index >= 15 is 0 Å². The van der Waals surface area contributed by atoms with E-state index in [1.807, 2.05) is 18.2 Å². The van der Waals surface area contributed by atoms with Crippen LogP contribution in [-0.4, -0.2) is 48.8 Å². The van der Waals surface area contributed by atoms with Gasteiger partial charge in [0, 0.05) is 5.54 Å². The SMILES string of the molecule is CC(CC1CO1)C(CC1CO1)(CC1CO1)Nc1ccccc1O. The minimum Gasteiger partial charge on any atom is -0.506 e. The van der Waals surface area contributed by atoms with E-state index in [0.717, 1.165) is 44.8 Å². The molecule has 3 saturated heterocycles. The Hall–Kier alpha value is -1.30. The third-order valence-corrected chi connectivity index (χ3v) is 5.24. The van der Waals surface area contributed by atoms with Crippen molar-refractivity contribution in [2.45, 2.75) is 50.0 Å². The molecule has 3 heterocycles. The van der Waals surface area contributed by atoms with Crippen molar-refractivity contribution in [1.82, 2.24) is 0 Å². The van der Waals surface area contributed by atoms with E-state index in [0.29, 0.717) is 30.0 Å². The molecule has 0 spiro atoms. The highest BCUT2D eigenvalue weighted by Crippen LogP contribution is 2.42. The highest BCUT2D eigenvalue weighted by molar-refractivity contribution is 5.57. The van der Waals surface area contributed by atoms with Gasteiger partial charge in [-0.3, -0.25) is 0 Å². The zero-order chi connectivity index (χ0) is 15.9. The van der Waals surface area contributed by atoms with Gasteiger partial charge in [-0.25, -0.2) is 0 Å². The predicted octanol–water partition coefficient (Wildman–Crippen LogP) is 2.55. The maximum absolute atomic E-state index is 10.2. The molecule has 4 rings (SSSR count). The lowest BCUT2D eigenvalue weighted by molar-refractivity contribution is 0.203. The molecule has 0 aromatic heterocycles. The van der Waals surface area contributed by atoms with Gasteiger partial charge in [-0.1, -0.05) is 19.1 Å². The summed E-state index contributed by atoms with van der Waals surface area (Å²) < 4.78 is 16.5. The number of para-hydroxylation sites is 2. The summed E-state index contributed by atoms with van der Waals surface area (Å²) in [6, 6.07) is 7.45. The van der Waals surface area contributed by atoms with Gasteiger partial charge in [0.1, 0.15) is 5.75 Å². The molecular formula is C18H25NO4. The van der Waals surface area contributed by atoms with Crippen molar-refractivity contribution in [1.29, 1.82) is 0 Å². The second kappa shape index (κ2) is 5.96. The normalized spacial score (nSPS) is 32.0. The second-order valence-corrected chi connectivity index (χ2v) is 7.21. The summed E-state index contributed by atoms with van der Waals surface area (Å²) in [5.74, 6) is 0.697. The van der Waals surface area contributed by atoms with Crippen LogP contribution >= 0.6 is 0 Å². The number of anilines is 1. The van der Waals surface area contributed by atoms with Gasteiger partial charge in [0.25, 0.3) is 0 Å². The molecule has 3 aliphatic heterocycles. The molecule has 3 fully saturated rings. The number of phenolic OH excluding ortho intramolecular Hbond substituents is 1. The Kier molecular flexibility index (Phi) is 3.95. The first kappa shape index (κ1) is 15.2. The number of aromatic hydroxyl groups is 1. The minimum absolute atomic E-state index is 0.146. The lowest BCUT2D eigenvalue weighted by Gasteiger charge is -2.41. The van der Waals surface area contributed by atoms with Crippen LogP contribution in [0.1, 0.15) is 26.2 Å². The molecule has 1 aromatic rings. The van der Waals surface area contributed by atoms with Crippen molar-refractivity contribution >= 4 is 5.69 Å². The van der Waals surface area contributed by atoms with Crippen LogP contribution in [0.15, 0.2) is 24.3 Å². The van der Waals surface area contributed by atoms with Crippen molar-refractivity contribution in [2.24, 2.45) is 5.92 Å². The van der Waals surface area contributed by atoms with Gasteiger partial charge >= 0.3 is 0 Å². The van der Waals surface area contributed by atoms with Crippen molar-refractivity contribution in [3.63, 3.8) is 0 Å². The topological polar surface area (TPSA) is 69.8 Å². The monoisotopic (exact) mass is 319 g/mol. The first-order valence-corrected chi connectivity index (χ1v) is 8.55. The Bertz CT molecular complexity index is 538. The Labute approximate surface area is 136 Å². The van der Waals surface area contributed by atoms with Gasteiger partial charge in [-0.05, 0) is 37.3 Å². The van der Waals surface area contributed by atoms with Crippen LogP contribution in [0.2, 0.25) is 0 Å². The van der Waals surface area contributed by atoms with E-state index < -0.39 is 0 Å². The highest BCUT2D eigenvalue weighted by atomic mass is 16.6. The van der Waals surface area contributed by atoms with Crippen LogP contribution in [0.3, 0.4) is 0 Å². The standard InChI is InChI=1S/C18H25NO4/c1-12(6-13-9-21-13)18(7-14-10-22-14,8-15-11-23-15)19-16-4-2-3-5-17(16)20/h2-5,12-15,19-20H,6-11H2,1H3. The third-order valence-electron chi connectivity index (χ3n) is 5.24. The number of benzene rings is 1. The smallest absolute Gasteiger partial charge is 0.138 e. The van der Waals surface area contributed by atoms with Crippen LogP contribution in [-0.2, 0) is 14.2 Å². The van der Waals surface area contributed by atoms with Crippen LogP contribution < -0.4 is 5.32 Å². The lowest BCUT2D eigenvalue weighted by Crippen LogP contribution is -2.47. The molecule has 0 radical (unpaired) electrons. The number of rotatable bonds is 9. The van der Waals surface area contributed by atoms with Gasteiger partial charge < -0.3 is 24.6 Å². The van der Waals surface area contributed by atoms with Crippen molar-refractivity contribution in [2.75, 3.05) is 25.1 Å². The summed E-state index contributed by atoms with van der Waals surface area (Å²) in [7, 11) is 0. The minimum atomic E-state index is -0.146. The molecule has 0 bridgehead atoms. The first-order chi connectivity index (χ1) is 11.1. The number of hydrogen-bond acceptors (Lipinski definition) is 5. The first-order valence-electron chi connectivity index (χ1n) is 8.55. The van der Waals surface area contributed by atoms with Crippen molar-refractivity contribution in [3.05, 3.63) is 24.3 Å². The molecule has 2 N–H and O–H groups in total. The van der Waals surface area contributed by atoms with Gasteiger partial charge in [0.05, 0.1) is 43.8 Å². The van der Waals surface area contributed by atoms with Gasteiger partial charge in [0.15, 0.2) is 0 Å². The molecule has 5 nitrogen and oxygen atoms in total. The molecular weight excluding hydrogens is 294 g/mol. The zero-order valence-corrected chi connectivity index (χ0v) is 13.5. The van der Waals surface area contributed by atoms with E-state index in [2.05, 4.69) is 12.2 Å². The molecule has 126 valence electrons. The summed E-state index contributed by atoms with van der Waals surface area (Å²) >= 11 is 0. The average molecular weight is 319 g/mol. The number of hydrogen-bond donors (Lipinski definition) is 2. The summed E-state index contributed by atoms with van der Waals surface area (Å²) in [5.41, 5.74) is 0.644. The molecule has 0 amide bonds. The number of epoxide rings is 3. The Balaban J connectivity index is 1.59. The molecule has 1 aromatic carbocycles. The van der Waals surface area contributed by atoms with Gasteiger partial charge in [-0.15, -0.1) is 0 Å². The predicted molar refractivity (Wildman–Crippen MR) is 86.7 cm³/mol. The van der Waals surface area contributed by atoms with Gasteiger partial charge in [-0.2, -0.15) is 0 Å². The fourth-order valence-corrected chi connectivity index (χ4v) is 3.57. The van der Waals surface area contributed by atoms with E-state index in [4.69, 9.17) is 14.2 Å². The van der Waals surface area contributed by atoms with E-state index in [9.17, 15) is 5.11 Å². The molecule has 5 heteroatoms. The van der Waals surface area contributed by atoms with Crippen molar-refractivity contribution in [3.8, 4) is 5.75 Å². The fraction of sp³-hybridized carbons (Fsp3) is 0.667. The van der Waals surface area contributed by atoms with E-state index in [1.54, 1.807) is 6.07 Å². The molecule has 0 aliphatic carbocycles. The molecule has 4 atom stereocenters. The fourth-order valence-electron chi connectivity index (χ4n) is 3.57. The maximum atomic E-state index is 10.2. The molecule has 3 aliphatic rings. The number of ether oxygens (including phenoxy) is 3. The van der Waals surface area contributed by atoms with Gasteiger partial charge in [0.2, 0.25) is 0 Å². The molecule has 0 saturated carbocycles. The van der Waals surface area contributed by atoms with Crippen molar-refractivity contribution < 1.29 is 19.3 Å². The number of phenols is 1. The van der Waals surface area contributed by atoms with Crippen LogP contribution in [0.4, 0.5) is 5.69 Å². The summed E-state index contributed by atoms with van der Waals surface area (Å²) in [4.78, 5) is 0. The molecule has 23 heavy (non-hydrogen) atoms. The maximum Gasteiger partial charge on any atom is 0.138 e. The second-order valence-electron chi connectivity index (χ2n) is 7.21. The third kappa shape index (κ3) is 3.79. The van der Waals surface area contributed by atoms with Crippen LogP contribution in [0, 0.1) is 5.92 Å². The summed E-state index contributed by atoms with van der Waals surface area (Å²) in [6.07, 6.45) is 3.92. The largest absolute Gasteiger partial charge is 0.506 e. The lowest BCUT2D eigenvalue weighted by atomic mass is 9.75. The average Bonchev–Trinajstić information content (AvgIpc) is 3.32. The summed E-state index contributed by atoms with van der Waals surface area (Å²) in [6.45, 7) is 4.82.